The molecule has 1 aliphatic rings. The molecule has 2 N–H and O–H groups in total. The Hall–Kier alpha value is -2.66. The summed E-state index contributed by atoms with van der Waals surface area (Å²) in [5.74, 6) is 0.000355. The summed E-state index contributed by atoms with van der Waals surface area (Å²) in [6.07, 6.45) is 6.69. The molecule has 1 amide bonds. The monoisotopic (exact) mass is 321 g/mol. The second-order valence-electron chi connectivity index (χ2n) is 5.44. The standard InChI is InChI=1S/C18H15N3OS/c22-18-15-10-17(21-16(15)4-7-20-18)13-3-6-19-14(9-13)2-1-12-5-8-23-11-12/h1-3,5-6,8-11,21H,4,7H2,(H,20,22)/b2-1-. The van der Waals surface area contributed by atoms with Crippen LogP contribution >= 0.6 is 11.3 Å². The maximum Gasteiger partial charge on any atom is 0.253 e. The van der Waals surface area contributed by atoms with Crippen LogP contribution in [0.3, 0.4) is 0 Å². The first-order valence-corrected chi connectivity index (χ1v) is 8.41. The van der Waals surface area contributed by atoms with Gasteiger partial charge < -0.3 is 10.3 Å². The van der Waals surface area contributed by atoms with Gasteiger partial charge in [0.1, 0.15) is 0 Å². The number of aromatic amines is 1. The lowest BCUT2D eigenvalue weighted by Gasteiger charge is -2.10. The van der Waals surface area contributed by atoms with E-state index in [2.05, 4.69) is 38.2 Å². The number of amides is 1. The van der Waals surface area contributed by atoms with Gasteiger partial charge in [-0.3, -0.25) is 9.78 Å². The summed E-state index contributed by atoms with van der Waals surface area (Å²) >= 11 is 1.68. The van der Waals surface area contributed by atoms with Crippen LogP contribution in [0.5, 0.6) is 0 Å². The fraction of sp³-hybridized carbons (Fsp3) is 0.111. The van der Waals surface area contributed by atoms with Crippen LogP contribution in [-0.2, 0) is 6.42 Å². The van der Waals surface area contributed by atoms with E-state index in [0.29, 0.717) is 6.54 Å². The van der Waals surface area contributed by atoms with Crippen LogP contribution in [0.1, 0.15) is 27.3 Å². The fourth-order valence-electron chi connectivity index (χ4n) is 2.71. The summed E-state index contributed by atoms with van der Waals surface area (Å²) in [5, 5.41) is 7.02. The molecule has 0 saturated heterocycles. The second kappa shape index (κ2) is 5.85. The van der Waals surface area contributed by atoms with Gasteiger partial charge in [-0.25, -0.2) is 0 Å². The Morgan fingerprint density at radius 3 is 3.00 bits per heavy atom. The van der Waals surface area contributed by atoms with Gasteiger partial charge >= 0.3 is 0 Å². The van der Waals surface area contributed by atoms with Crippen molar-refractivity contribution in [2.45, 2.75) is 6.42 Å². The van der Waals surface area contributed by atoms with Crippen LogP contribution in [0, 0.1) is 0 Å². The number of hydrogen-bond donors (Lipinski definition) is 2. The highest BCUT2D eigenvalue weighted by atomic mass is 32.1. The average Bonchev–Trinajstić information content (AvgIpc) is 3.23. The van der Waals surface area contributed by atoms with Crippen molar-refractivity contribution >= 4 is 29.4 Å². The van der Waals surface area contributed by atoms with E-state index in [1.54, 1.807) is 17.5 Å². The summed E-state index contributed by atoms with van der Waals surface area (Å²) in [5.41, 5.74) is 5.82. The molecule has 0 aromatic carbocycles. The van der Waals surface area contributed by atoms with Crippen LogP contribution in [0.2, 0.25) is 0 Å². The molecule has 23 heavy (non-hydrogen) atoms. The van der Waals surface area contributed by atoms with Gasteiger partial charge in [-0.05, 0) is 46.7 Å². The van der Waals surface area contributed by atoms with Crippen LogP contribution in [0.4, 0.5) is 0 Å². The molecule has 3 aromatic rings. The largest absolute Gasteiger partial charge is 0.358 e. The molecule has 0 fully saturated rings. The second-order valence-corrected chi connectivity index (χ2v) is 6.22. The van der Waals surface area contributed by atoms with Crippen LogP contribution in [-0.4, -0.2) is 22.4 Å². The van der Waals surface area contributed by atoms with E-state index in [-0.39, 0.29) is 5.91 Å². The zero-order chi connectivity index (χ0) is 15.6. The Labute approximate surface area is 137 Å². The zero-order valence-electron chi connectivity index (χ0n) is 12.4. The molecule has 0 radical (unpaired) electrons. The molecule has 4 rings (SSSR count). The molecule has 114 valence electrons. The number of aromatic nitrogens is 2. The van der Waals surface area contributed by atoms with E-state index in [1.807, 2.05) is 24.3 Å². The number of H-pyrrole nitrogens is 1. The van der Waals surface area contributed by atoms with Crippen LogP contribution in [0.25, 0.3) is 23.4 Å². The predicted molar refractivity (Wildman–Crippen MR) is 93.3 cm³/mol. The van der Waals surface area contributed by atoms with Crippen molar-refractivity contribution in [2.75, 3.05) is 6.54 Å². The smallest absolute Gasteiger partial charge is 0.253 e. The van der Waals surface area contributed by atoms with Crippen molar-refractivity contribution < 1.29 is 4.79 Å². The van der Waals surface area contributed by atoms with E-state index in [4.69, 9.17) is 0 Å². The number of hydrogen-bond acceptors (Lipinski definition) is 3. The maximum absolute atomic E-state index is 11.9. The molecule has 0 unspecified atom stereocenters. The zero-order valence-corrected chi connectivity index (χ0v) is 13.2. The van der Waals surface area contributed by atoms with Gasteiger partial charge in [0.2, 0.25) is 0 Å². The first kappa shape index (κ1) is 14.0. The molecule has 0 bridgehead atoms. The SMILES string of the molecule is O=C1NCCc2[nH]c(-c3ccnc(/C=C\c4ccsc4)c3)cc21. The summed E-state index contributed by atoms with van der Waals surface area (Å²) < 4.78 is 0. The third-order valence-corrected chi connectivity index (χ3v) is 4.59. The summed E-state index contributed by atoms with van der Waals surface area (Å²) in [7, 11) is 0. The van der Waals surface area contributed by atoms with Crippen molar-refractivity contribution in [1.29, 1.82) is 0 Å². The van der Waals surface area contributed by atoms with Crippen molar-refractivity contribution in [3.05, 3.63) is 63.7 Å². The number of carbonyl (C=O) groups is 1. The maximum atomic E-state index is 11.9. The Morgan fingerprint density at radius 2 is 2.17 bits per heavy atom. The molecule has 3 aromatic heterocycles. The molecule has 0 saturated carbocycles. The van der Waals surface area contributed by atoms with Crippen molar-refractivity contribution in [3.8, 4) is 11.3 Å². The van der Waals surface area contributed by atoms with Gasteiger partial charge in [-0.2, -0.15) is 11.3 Å². The normalized spacial score (nSPS) is 14.0. The van der Waals surface area contributed by atoms with Gasteiger partial charge in [0.25, 0.3) is 5.91 Å². The van der Waals surface area contributed by atoms with Crippen molar-refractivity contribution in [3.63, 3.8) is 0 Å². The number of thiophene rings is 1. The Bertz CT molecular complexity index is 878. The molecule has 1 aliphatic heterocycles. The number of rotatable bonds is 3. The number of fused-ring (bicyclic) bond motifs is 1. The summed E-state index contributed by atoms with van der Waals surface area (Å²) in [6, 6.07) is 7.98. The van der Waals surface area contributed by atoms with Gasteiger partial charge in [-0.1, -0.05) is 6.08 Å². The van der Waals surface area contributed by atoms with E-state index >= 15 is 0 Å². The van der Waals surface area contributed by atoms with Crippen molar-refractivity contribution in [1.82, 2.24) is 15.3 Å². The lowest BCUT2D eigenvalue weighted by molar-refractivity contribution is 0.0946. The Balaban J connectivity index is 1.65. The van der Waals surface area contributed by atoms with Gasteiger partial charge in [-0.15, -0.1) is 0 Å². The highest BCUT2D eigenvalue weighted by Crippen LogP contribution is 2.24. The molecule has 0 spiro atoms. The molecular formula is C18H15N3OS. The topological polar surface area (TPSA) is 57.8 Å². The van der Waals surface area contributed by atoms with E-state index in [9.17, 15) is 4.79 Å². The summed E-state index contributed by atoms with van der Waals surface area (Å²) in [6.45, 7) is 0.691. The molecule has 4 heterocycles. The van der Waals surface area contributed by atoms with E-state index in [0.717, 1.165) is 34.6 Å². The highest BCUT2D eigenvalue weighted by molar-refractivity contribution is 7.08. The number of pyridine rings is 1. The molecular weight excluding hydrogens is 306 g/mol. The minimum atomic E-state index is 0.000355. The Kier molecular flexibility index (Phi) is 3.55. The van der Waals surface area contributed by atoms with Gasteiger partial charge in [0, 0.05) is 36.1 Å². The van der Waals surface area contributed by atoms with E-state index in [1.165, 1.54) is 5.56 Å². The molecule has 0 atom stereocenters. The lowest BCUT2D eigenvalue weighted by atomic mass is 10.1. The number of carbonyl (C=O) groups excluding carboxylic acids is 1. The number of nitrogens with zero attached hydrogens (tertiary/aromatic N) is 1. The highest BCUT2D eigenvalue weighted by Gasteiger charge is 2.19. The lowest BCUT2D eigenvalue weighted by Crippen LogP contribution is -2.31. The minimum Gasteiger partial charge on any atom is -0.358 e. The molecule has 4 nitrogen and oxygen atoms in total. The fourth-order valence-corrected chi connectivity index (χ4v) is 3.34. The van der Waals surface area contributed by atoms with Crippen LogP contribution in [0.15, 0.2) is 41.2 Å². The molecule has 0 aliphatic carbocycles. The minimum absolute atomic E-state index is 0.000355. The third-order valence-electron chi connectivity index (χ3n) is 3.89. The van der Waals surface area contributed by atoms with Crippen molar-refractivity contribution in [2.24, 2.45) is 0 Å². The van der Waals surface area contributed by atoms with E-state index < -0.39 is 0 Å². The van der Waals surface area contributed by atoms with Gasteiger partial charge in [0.15, 0.2) is 0 Å². The first-order chi connectivity index (χ1) is 11.3. The average molecular weight is 321 g/mol. The predicted octanol–water partition coefficient (Wildman–Crippen LogP) is 3.59. The van der Waals surface area contributed by atoms with Gasteiger partial charge in [0.05, 0.1) is 11.3 Å². The number of nitrogens with one attached hydrogen (secondary N) is 2. The third kappa shape index (κ3) is 2.83. The quantitative estimate of drug-likeness (QED) is 0.774. The summed E-state index contributed by atoms with van der Waals surface area (Å²) in [4.78, 5) is 19.6. The Morgan fingerprint density at radius 1 is 1.22 bits per heavy atom. The van der Waals surface area contributed by atoms with Crippen LogP contribution < -0.4 is 5.32 Å². The molecule has 5 heteroatoms. The first-order valence-electron chi connectivity index (χ1n) is 7.46.